The van der Waals surface area contributed by atoms with E-state index in [0.29, 0.717) is 48.7 Å². The zero-order valence-corrected chi connectivity index (χ0v) is 23.8. The molecular weight excluding hydrogens is 539 g/mol. The molecule has 0 unspecified atom stereocenters. The average Bonchev–Trinajstić information content (AvgIpc) is 3.38. The van der Waals surface area contributed by atoms with E-state index in [1.54, 1.807) is 30.1 Å². The number of carboxylic acids is 1. The number of aryl methyl sites for hydroxylation is 3. The fourth-order valence-electron chi connectivity index (χ4n) is 5.10. The molecule has 0 fully saturated rings. The Balaban J connectivity index is 1.17. The Morgan fingerprint density at radius 3 is 2.86 bits per heavy atom. The molecule has 1 atom stereocenters. The molecule has 222 valence electrons. The molecule has 0 aliphatic carbocycles. The number of ether oxygens (including phenoxy) is 1. The Labute approximate surface area is 244 Å². The highest BCUT2D eigenvalue weighted by Crippen LogP contribution is 2.21. The molecule has 0 saturated heterocycles. The maximum absolute atomic E-state index is 13.3. The SMILES string of the molecule is Cn1cc2ncnc(N[C@@H](CCN(CCCCc3ccc4c(n3)NCCC4)CCOc3ccc(F)cc3)C(=O)O)c2n1. The van der Waals surface area contributed by atoms with E-state index in [-0.39, 0.29) is 5.82 Å². The van der Waals surface area contributed by atoms with E-state index in [4.69, 9.17) is 9.72 Å². The van der Waals surface area contributed by atoms with E-state index in [9.17, 15) is 14.3 Å². The van der Waals surface area contributed by atoms with Gasteiger partial charge in [0.2, 0.25) is 0 Å². The van der Waals surface area contributed by atoms with Crippen LogP contribution in [0.1, 0.15) is 36.9 Å². The van der Waals surface area contributed by atoms with Crippen LogP contribution in [0.2, 0.25) is 0 Å². The largest absolute Gasteiger partial charge is 0.492 e. The molecule has 3 aromatic heterocycles. The van der Waals surface area contributed by atoms with Gasteiger partial charge in [0, 0.05) is 32.4 Å². The topological polar surface area (TPSA) is 130 Å². The molecule has 0 radical (unpaired) electrons. The van der Waals surface area contributed by atoms with Gasteiger partial charge < -0.3 is 20.5 Å². The van der Waals surface area contributed by atoms with Crippen molar-refractivity contribution in [2.45, 2.75) is 44.6 Å². The Bertz CT molecular complexity index is 1480. The molecule has 5 rings (SSSR count). The predicted molar refractivity (Wildman–Crippen MR) is 158 cm³/mol. The fourth-order valence-corrected chi connectivity index (χ4v) is 5.10. The van der Waals surface area contributed by atoms with Gasteiger partial charge in [-0.05, 0) is 81.0 Å². The minimum Gasteiger partial charge on any atom is -0.492 e. The predicted octanol–water partition coefficient (Wildman–Crippen LogP) is 3.91. The van der Waals surface area contributed by atoms with E-state index in [1.165, 1.54) is 24.0 Å². The number of unbranched alkanes of at least 4 members (excludes halogenated alkanes) is 1. The van der Waals surface area contributed by atoms with E-state index >= 15 is 0 Å². The van der Waals surface area contributed by atoms with Gasteiger partial charge in [0.05, 0.1) is 6.20 Å². The first-order chi connectivity index (χ1) is 20.4. The molecule has 11 nitrogen and oxygen atoms in total. The second-order valence-corrected chi connectivity index (χ2v) is 10.5. The number of nitrogens with zero attached hydrogens (tertiary/aromatic N) is 6. The van der Waals surface area contributed by atoms with Crippen LogP contribution in [0.15, 0.2) is 48.9 Å². The van der Waals surface area contributed by atoms with Crippen LogP contribution in [0.5, 0.6) is 5.75 Å². The number of halogens is 1. The fraction of sp³-hybridized carbons (Fsp3) is 0.433. The summed E-state index contributed by atoms with van der Waals surface area (Å²) in [4.78, 5) is 27.6. The molecule has 12 heteroatoms. The first-order valence-electron chi connectivity index (χ1n) is 14.4. The monoisotopic (exact) mass is 576 g/mol. The van der Waals surface area contributed by atoms with Crippen LogP contribution in [0, 0.1) is 5.82 Å². The molecule has 4 heterocycles. The first-order valence-corrected chi connectivity index (χ1v) is 14.4. The van der Waals surface area contributed by atoms with Crippen molar-refractivity contribution >= 4 is 28.6 Å². The zero-order chi connectivity index (χ0) is 29.3. The average molecular weight is 577 g/mol. The maximum atomic E-state index is 13.3. The lowest BCUT2D eigenvalue weighted by molar-refractivity contribution is -0.138. The van der Waals surface area contributed by atoms with E-state index in [0.717, 1.165) is 56.7 Å². The third-order valence-corrected chi connectivity index (χ3v) is 7.36. The number of carboxylic acid groups (broad SMARTS) is 1. The second-order valence-electron chi connectivity index (χ2n) is 10.5. The van der Waals surface area contributed by atoms with Crippen molar-refractivity contribution in [1.82, 2.24) is 29.6 Å². The summed E-state index contributed by atoms with van der Waals surface area (Å²) < 4.78 is 20.7. The van der Waals surface area contributed by atoms with Crippen molar-refractivity contribution in [3.05, 3.63) is 66.0 Å². The molecule has 1 aliphatic rings. The number of fused-ring (bicyclic) bond motifs is 2. The number of anilines is 2. The van der Waals surface area contributed by atoms with Gasteiger partial charge in [0.15, 0.2) is 11.3 Å². The Hall–Kier alpha value is -4.32. The van der Waals surface area contributed by atoms with Crippen LogP contribution >= 0.6 is 0 Å². The maximum Gasteiger partial charge on any atom is 0.326 e. The molecule has 0 bridgehead atoms. The number of aromatic nitrogens is 5. The van der Waals surface area contributed by atoms with Crippen molar-refractivity contribution in [2.75, 3.05) is 43.4 Å². The highest BCUT2D eigenvalue weighted by Gasteiger charge is 2.21. The number of rotatable bonds is 15. The lowest BCUT2D eigenvalue weighted by Gasteiger charge is -2.24. The van der Waals surface area contributed by atoms with Crippen LogP contribution in [0.3, 0.4) is 0 Å². The quantitative estimate of drug-likeness (QED) is 0.179. The summed E-state index contributed by atoms with van der Waals surface area (Å²) in [6.45, 7) is 3.28. The third-order valence-electron chi connectivity index (χ3n) is 7.36. The van der Waals surface area contributed by atoms with Crippen molar-refractivity contribution in [2.24, 2.45) is 7.05 Å². The molecule has 1 aromatic carbocycles. The van der Waals surface area contributed by atoms with Gasteiger partial charge in [-0.1, -0.05) is 6.07 Å². The highest BCUT2D eigenvalue weighted by atomic mass is 19.1. The van der Waals surface area contributed by atoms with Crippen molar-refractivity contribution in [3.63, 3.8) is 0 Å². The first kappa shape index (κ1) is 29.2. The summed E-state index contributed by atoms with van der Waals surface area (Å²) in [6.07, 6.45) is 8.48. The summed E-state index contributed by atoms with van der Waals surface area (Å²) in [5, 5.41) is 20.8. The van der Waals surface area contributed by atoms with Gasteiger partial charge >= 0.3 is 5.97 Å². The second kappa shape index (κ2) is 14.0. The molecule has 3 N–H and O–H groups in total. The molecular formula is C30H37FN8O3. The standard InChI is InChI=1S/C30H37FN8O3/c1-38-19-26-27(37-38)29(34-20-33-26)36-25(30(40)41)13-16-39(17-18-42-24-11-8-22(31)9-12-24)15-3-2-6-23-10-7-21-5-4-14-32-28(21)35-23/h7-12,19-20,25H,2-6,13-18H2,1H3,(H,32,35)(H,40,41)(H,33,34,36)/t25-/m0/s1. The van der Waals surface area contributed by atoms with Gasteiger partial charge in [0.25, 0.3) is 0 Å². The van der Waals surface area contributed by atoms with E-state index < -0.39 is 12.0 Å². The van der Waals surface area contributed by atoms with Crippen LogP contribution in [0.4, 0.5) is 16.0 Å². The summed E-state index contributed by atoms with van der Waals surface area (Å²) in [5.41, 5.74) is 3.53. The zero-order valence-electron chi connectivity index (χ0n) is 23.8. The Kier molecular flexibility index (Phi) is 9.75. The molecule has 0 amide bonds. The summed E-state index contributed by atoms with van der Waals surface area (Å²) >= 11 is 0. The van der Waals surface area contributed by atoms with Crippen LogP contribution in [0.25, 0.3) is 11.0 Å². The molecule has 4 aromatic rings. The lowest BCUT2D eigenvalue weighted by Crippen LogP contribution is -2.37. The molecule has 0 spiro atoms. The summed E-state index contributed by atoms with van der Waals surface area (Å²) in [7, 11) is 1.78. The number of carbonyl (C=O) groups is 1. The lowest BCUT2D eigenvalue weighted by atomic mass is 10.1. The van der Waals surface area contributed by atoms with Crippen molar-refractivity contribution < 1.29 is 19.0 Å². The Morgan fingerprint density at radius 1 is 1.17 bits per heavy atom. The van der Waals surface area contributed by atoms with Crippen LogP contribution in [-0.2, 0) is 24.7 Å². The van der Waals surface area contributed by atoms with Crippen molar-refractivity contribution in [1.29, 1.82) is 0 Å². The molecule has 0 saturated carbocycles. The van der Waals surface area contributed by atoms with Gasteiger partial charge in [0.1, 0.15) is 41.9 Å². The number of hydrogen-bond acceptors (Lipinski definition) is 9. The normalized spacial score (nSPS) is 13.5. The van der Waals surface area contributed by atoms with Crippen molar-refractivity contribution in [3.8, 4) is 5.75 Å². The minimum absolute atomic E-state index is 0.313. The van der Waals surface area contributed by atoms with Gasteiger partial charge in [-0.3, -0.25) is 9.58 Å². The molecule has 42 heavy (non-hydrogen) atoms. The minimum atomic E-state index is -0.965. The number of hydrogen-bond donors (Lipinski definition) is 3. The number of aliphatic carboxylic acids is 1. The van der Waals surface area contributed by atoms with Gasteiger partial charge in [-0.15, -0.1) is 0 Å². The smallest absolute Gasteiger partial charge is 0.326 e. The third kappa shape index (κ3) is 7.90. The molecule has 1 aliphatic heterocycles. The van der Waals surface area contributed by atoms with Crippen LogP contribution < -0.4 is 15.4 Å². The van der Waals surface area contributed by atoms with Gasteiger partial charge in [-0.25, -0.2) is 24.1 Å². The number of nitrogens with one attached hydrogen (secondary N) is 2. The summed E-state index contributed by atoms with van der Waals surface area (Å²) in [6, 6.07) is 9.37. The number of pyridine rings is 1. The Morgan fingerprint density at radius 2 is 2.02 bits per heavy atom. The highest BCUT2D eigenvalue weighted by molar-refractivity contribution is 5.87. The van der Waals surface area contributed by atoms with Gasteiger partial charge in [-0.2, -0.15) is 5.10 Å². The number of benzene rings is 1. The van der Waals surface area contributed by atoms with E-state index in [2.05, 4.69) is 42.7 Å². The van der Waals surface area contributed by atoms with E-state index in [1.807, 2.05) is 0 Å². The van der Waals surface area contributed by atoms with Crippen LogP contribution in [-0.4, -0.2) is 79.5 Å². The summed E-state index contributed by atoms with van der Waals surface area (Å²) in [5.74, 6) is 0.722.